The van der Waals surface area contributed by atoms with Crippen molar-refractivity contribution in [1.29, 1.82) is 0 Å². The Labute approximate surface area is 208 Å². The van der Waals surface area contributed by atoms with Gasteiger partial charge in [0.25, 0.3) is 11.8 Å². The van der Waals surface area contributed by atoms with E-state index in [2.05, 4.69) is 20.6 Å². The average Bonchev–Trinajstić information content (AvgIpc) is 3.31. The normalized spacial score (nSPS) is 13.3. The lowest BCUT2D eigenvalue weighted by molar-refractivity contribution is 0.0652. The summed E-state index contributed by atoms with van der Waals surface area (Å²) in [6.45, 7) is 1.76. The highest BCUT2D eigenvalue weighted by atomic mass is 127. The van der Waals surface area contributed by atoms with Crippen molar-refractivity contribution in [1.82, 2.24) is 20.5 Å². The van der Waals surface area contributed by atoms with E-state index in [9.17, 15) is 14.0 Å². The number of guanidine groups is 1. The maximum Gasteiger partial charge on any atom is 0.261 e. The van der Waals surface area contributed by atoms with Crippen LogP contribution in [-0.2, 0) is 6.42 Å². The molecule has 2 aromatic carbocycles. The van der Waals surface area contributed by atoms with E-state index in [1.54, 1.807) is 37.4 Å². The van der Waals surface area contributed by atoms with Crippen molar-refractivity contribution in [3.8, 4) is 0 Å². The van der Waals surface area contributed by atoms with Crippen molar-refractivity contribution >= 4 is 52.7 Å². The molecule has 1 aliphatic heterocycles. The van der Waals surface area contributed by atoms with Crippen molar-refractivity contribution in [3.63, 3.8) is 0 Å². The van der Waals surface area contributed by atoms with Gasteiger partial charge in [0.2, 0.25) is 0 Å². The molecule has 0 aliphatic carbocycles. The van der Waals surface area contributed by atoms with Crippen LogP contribution < -0.4 is 10.6 Å². The van der Waals surface area contributed by atoms with Gasteiger partial charge in [-0.25, -0.2) is 4.39 Å². The number of nitrogens with one attached hydrogen (secondary N) is 3. The first kappa shape index (κ1) is 24.7. The summed E-state index contributed by atoms with van der Waals surface area (Å²) in [6, 6.07) is 11.7. The number of halogens is 2. The molecule has 0 unspecified atom stereocenters. The summed E-state index contributed by atoms with van der Waals surface area (Å²) in [6.07, 6.45) is 4.18. The number of benzene rings is 2. The summed E-state index contributed by atoms with van der Waals surface area (Å²) >= 11 is 0. The molecule has 33 heavy (non-hydrogen) atoms. The van der Waals surface area contributed by atoms with E-state index in [4.69, 9.17) is 0 Å². The predicted octanol–water partition coefficient (Wildman–Crippen LogP) is 3.71. The van der Waals surface area contributed by atoms with Crippen LogP contribution in [0.2, 0.25) is 0 Å². The van der Waals surface area contributed by atoms with Crippen LogP contribution in [0.5, 0.6) is 0 Å². The molecule has 174 valence electrons. The Balaban J connectivity index is 0.00000306. The zero-order valence-corrected chi connectivity index (χ0v) is 20.7. The van der Waals surface area contributed by atoms with Gasteiger partial charge in [-0.2, -0.15) is 0 Å². The number of carbonyl (C=O) groups is 2. The molecule has 1 aromatic heterocycles. The number of carbonyl (C=O) groups excluding carboxylic acids is 2. The molecule has 9 heteroatoms. The maximum absolute atomic E-state index is 13.3. The fraction of sp³-hybridized carbons (Fsp3) is 0.292. The molecule has 1 aliphatic rings. The SMILES string of the molecule is CN=C(NCCCCN1C(=O)c2ccccc2C1=O)NCCc1c[nH]c2cc(F)ccc12.I. The van der Waals surface area contributed by atoms with Crippen molar-refractivity contribution in [2.45, 2.75) is 19.3 Å². The Hall–Kier alpha value is -2.95. The number of amides is 2. The van der Waals surface area contributed by atoms with E-state index < -0.39 is 0 Å². The molecule has 0 saturated carbocycles. The van der Waals surface area contributed by atoms with Crippen LogP contribution in [0, 0.1) is 5.82 Å². The third-order valence-corrected chi connectivity index (χ3v) is 5.62. The molecule has 0 radical (unpaired) electrons. The molecule has 0 fully saturated rings. The molecule has 3 N–H and O–H groups in total. The summed E-state index contributed by atoms with van der Waals surface area (Å²) < 4.78 is 13.3. The van der Waals surface area contributed by atoms with Gasteiger partial charge in [0.15, 0.2) is 5.96 Å². The molecule has 0 atom stereocenters. The van der Waals surface area contributed by atoms with Crippen LogP contribution in [0.25, 0.3) is 10.9 Å². The second-order valence-corrected chi connectivity index (χ2v) is 7.69. The van der Waals surface area contributed by atoms with Gasteiger partial charge in [-0.3, -0.25) is 19.5 Å². The van der Waals surface area contributed by atoms with Gasteiger partial charge in [-0.05, 0) is 55.2 Å². The molecular weight excluding hydrogens is 536 g/mol. The van der Waals surface area contributed by atoms with Crippen molar-refractivity contribution in [2.75, 3.05) is 26.7 Å². The predicted molar refractivity (Wildman–Crippen MR) is 138 cm³/mol. The van der Waals surface area contributed by atoms with Crippen LogP contribution in [0.1, 0.15) is 39.1 Å². The Bertz CT molecular complexity index is 1140. The number of unbranched alkanes of at least 4 members (excludes halogenated alkanes) is 1. The van der Waals surface area contributed by atoms with E-state index in [0.717, 1.165) is 29.3 Å². The minimum atomic E-state index is -0.253. The molecule has 0 spiro atoms. The molecule has 2 amide bonds. The number of rotatable bonds is 8. The van der Waals surface area contributed by atoms with Crippen LogP contribution in [-0.4, -0.2) is 54.3 Å². The van der Waals surface area contributed by atoms with Gasteiger partial charge in [0, 0.05) is 43.8 Å². The number of fused-ring (bicyclic) bond motifs is 2. The molecule has 2 heterocycles. The second kappa shape index (κ2) is 11.3. The molecular formula is C24H27FIN5O2. The minimum Gasteiger partial charge on any atom is -0.361 e. The summed E-state index contributed by atoms with van der Waals surface area (Å²) in [5.41, 5.74) is 2.88. The summed E-state index contributed by atoms with van der Waals surface area (Å²) in [5.74, 6) is 0.0142. The number of nitrogens with zero attached hydrogens (tertiary/aromatic N) is 2. The molecule has 3 aromatic rings. The van der Waals surface area contributed by atoms with Gasteiger partial charge in [-0.15, -0.1) is 24.0 Å². The van der Waals surface area contributed by atoms with E-state index in [0.29, 0.717) is 43.1 Å². The van der Waals surface area contributed by atoms with E-state index in [-0.39, 0.29) is 41.6 Å². The van der Waals surface area contributed by atoms with Crippen LogP contribution >= 0.6 is 24.0 Å². The highest BCUT2D eigenvalue weighted by molar-refractivity contribution is 14.0. The Kier molecular flexibility index (Phi) is 8.43. The standard InChI is InChI=1S/C24H26FN5O2.HI/c1-26-24(28-12-10-16-15-29-21-14-17(25)8-9-18(16)21)27-11-4-5-13-30-22(31)19-6-2-3-7-20(19)23(30)32;/h2-3,6-9,14-15,29H,4-5,10-13H2,1H3,(H2,26,27,28);1H. The first-order chi connectivity index (χ1) is 15.6. The number of hydrogen-bond donors (Lipinski definition) is 3. The molecule has 0 bridgehead atoms. The number of hydrogen-bond acceptors (Lipinski definition) is 3. The van der Waals surface area contributed by atoms with Crippen molar-refractivity contribution in [2.24, 2.45) is 4.99 Å². The van der Waals surface area contributed by atoms with E-state index in [1.807, 2.05) is 6.20 Å². The van der Waals surface area contributed by atoms with Crippen LogP contribution in [0.15, 0.2) is 53.7 Å². The third kappa shape index (κ3) is 5.52. The highest BCUT2D eigenvalue weighted by Crippen LogP contribution is 2.22. The van der Waals surface area contributed by atoms with Gasteiger partial charge in [-0.1, -0.05) is 12.1 Å². The van der Waals surface area contributed by atoms with Crippen LogP contribution in [0.3, 0.4) is 0 Å². The first-order valence-corrected chi connectivity index (χ1v) is 10.7. The topological polar surface area (TPSA) is 89.6 Å². The quantitative estimate of drug-likeness (QED) is 0.128. The summed E-state index contributed by atoms with van der Waals surface area (Å²) in [7, 11) is 1.71. The maximum atomic E-state index is 13.3. The van der Waals surface area contributed by atoms with Gasteiger partial charge < -0.3 is 15.6 Å². The van der Waals surface area contributed by atoms with Gasteiger partial charge in [0.1, 0.15) is 5.82 Å². The lowest BCUT2D eigenvalue weighted by Crippen LogP contribution is -2.39. The highest BCUT2D eigenvalue weighted by Gasteiger charge is 2.34. The molecule has 0 saturated heterocycles. The number of aliphatic imine (C=N–C) groups is 1. The zero-order valence-electron chi connectivity index (χ0n) is 18.4. The Morgan fingerprint density at radius 3 is 2.42 bits per heavy atom. The number of H-pyrrole nitrogens is 1. The fourth-order valence-corrected chi connectivity index (χ4v) is 3.95. The summed E-state index contributed by atoms with van der Waals surface area (Å²) in [4.78, 5) is 33.4. The van der Waals surface area contributed by atoms with Crippen molar-refractivity contribution in [3.05, 3.63) is 71.2 Å². The summed E-state index contributed by atoms with van der Waals surface area (Å²) in [5, 5.41) is 7.54. The molecule has 7 nitrogen and oxygen atoms in total. The lowest BCUT2D eigenvalue weighted by atomic mass is 10.1. The Morgan fingerprint density at radius 2 is 1.73 bits per heavy atom. The van der Waals surface area contributed by atoms with Gasteiger partial charge in [0.05, 0.1) is 11.1 Å². The molecule has 4 rings (SSSR count). The monoisotopic (exact) mass is 563 g/mol. The van der Waals surface area contributed by atoms with E-state index >= 15 is 0 Å². The average molecular weight is 563 g/mol. The van der Waals surface area contributed by atoms with Gasteiger partial charge >= 0.3 is 0 Å². The van der Waals surface area contributed by atoms with Crippen LogP contribution in [0.4, 0.5) is 4.39 Å². The first-order valence-electron chi connectivity index (χ1n) is 10.7. The number of aromatic nitrogens is 1. The second-order valence-electron chi connectivity index (χ2n) is 7.69. The third-order valence-electron chi connectivity index (χ3n) is 5.62. The van der Waals surface area contributed by atoms with Crippen molar-refractivity contribution < 1.29 is 14.0 Å². The minimum absolute atomic E-state index is 0. The fourth-order valence-electron chi connectivity index (χ4n) is 3.95. The smallest absolute Gasteiger partial charge is 0.261 e. The Morgan fingerprint density at radius 1 is 1.03 bits per heavy atom. The lowest BCUT2D eigenvalue weighted by Gasteiger charge is -2.15. The zero-order chi connectivity index (χ0) is 22.5. The largest absolute Gasteiger partial charge is 0.361 e. The van der Waals surface area contributed by atoms with E-state index in [1.165, 1.54) is 17.0 Å². The number of aromatic amines is 1. The number of imide groups is 1.